The van der Waals surface area contributed by atoms with Crippen LogP contribution in [0.3, 0.4) is 0 Å². The monoisotopic (exact) mass is 559 g/mol. The molecular weight excluding hydrogens is 518 g/mol. The summed E-state index contributed by atoms with van der Waals surface area (Å²) in [4.78, 5) is 46.3. The lowest BCUT2D eigenvalue weighted by Gasteiger charge is -2.35. The van der Waals surface area contributed by atoms with Gasteiger partial charge < -0.3 is 30.7 Å². The zero-order valence-electron chi connectivity index (χ0n) is 23.3. The third kappa shape index (κ3) is 8.82. The lowest BCUT2D eigenvalue weighted by molar-refractivity contribution is -0.144. The quantitative estimate of drug-likeness (QED) is 0.320. The van der Waals surface area contributed by atoms with Crippen molar-refractivity contribution in [1.29, 1.82) is 0 Å². The number of thiazole rings is 1. The molecule has 1 unspecified atom stereocenters. The second kappa shape index (κ2) is 14.5. The number of carbonyl (C=O) groups is 3. The van der Waals surface area contributed by atoms with Crippen molar-refractivity contribution in [1.82, 2.24) is 20.5 Å². The first kappa shape index (κ1) is 30.7. The molecule has 3 amide bonds. The molecule has 4 N–H and O–H groups in total. The molecule has 2 heterocycles. The molecule has 1 aliphatic rings. The van der Waals surface area contributed by atoms with Crippen molar-refractivity contribution in [2.75, 3.05) is 39.5 Å². The maximum absolute atomic E-state index is 13.6. The Kier molecular flexibility index (Phi) is 11.4. The van der Waals surface area contributed by atoms with Gasteiger partial charge in [0.2, 0.25) is 17.7 Å². The van der Waals surface area contributed by atoms with Crippen molar-refractivity contribution >= 4 is 29.1 Å². The summed E-state index contributed by atoms with van der Waals surface area (Å²) in [7, 11) is 0. The largest absolute Gasteiger partial charge is 0.378 e. The normalized spacial score (nSPS) is 16.2. The van der Waals surface area contributed by atoms with E-state index < -0.39 is 17.5 Å². The van der Waals surface area contributed by atoms with Gasteiger partial charge in [0.25, 0.3) is 0 Å². The van der Waals surface area contributed by atoms with Gasteiger partial charge in [-0.25, -0.2) is 4.98 Å². The number of carbonyl (C=O) groups excluding carboxylic acids is 3. The van der Waals surface area contributed by atoms with Crippen molar-refractivity contribution in [2.45, 2.75) is 59.2 Å². The van der Waals surface area contributed by atoms with E-state index in [0.29, 0.717) is 39.3 Å². The molecule has 0 radical (unpaired) electrons. The number of nitrogens with one attached hydrogen (secondary N) is 2. The molecule has 1 aromatic carbocycles. The summed E-state index contributed by atoms with van der Waals surface area (Å²) in [5, 5.41) is 5.81. The summed E-state index contributed by atoms with van der Waals surface area (Å²) in [6, 6.07) is 6.67. The number of aryl methyl sites for hydroxylation is 1. The van der Waals surface area contributed by atoms with Gasteiger partial charge in [0.1, 0.15) is 18.7 Å². The molecule has 0 bridgehead atoms. The third-order valence-electron chi connectivity index (χ3n) is 6.55. The van der Waals surface area contributed by atoms with Crippen molar-refractivity contribution in [2.24, 2.45) is 11.1 Å². The van der Waals surface area contributed by atoms with Crippen LogP contribution in [-0.2, 0) is 30.4 Å². The van der Waals surface area contributed by atoms with Crippen LogP contribution in [0.2, 0.25) is 0 Å². The highest BCUT2D eigenvalue weighted by Crippen LogP contribution is 2.28. The molecule has 214 valence electrons. The Balaban J connectivity index is 1.55. The molecule has 1 aromatic heterocycles. The first-order valence-corrected chi connectivity index (χ1v) is 14.2. The Labute approximate surface area is 234 Å². The van der Waals surface area contributed by atoms with Crippen LogP contribution in [0, 0.1) is 12.3 Å². The molecule has 2 atom stereocenters. The van der Waals surface area contributed by atoms with E-state index in [1.165, 1.54) is 0 Å². The van der Waals surface area contributed by atoms with Gasteiger partial charge >= 0.3 is 0 Å². The molecule has 0 saturated carbocycles. The minimum Gasteiger partial charge on any atom is -0.378 e. The van der Waals surface area contributed by atoms with Gasteiger partial charge in [-0.1, -0.05) is 45.0 Å². The number of ether oxygens (including phenoxy) is 2. The molecule has 0 aliphatic carbocycles. The summed E-state index contributed by atoms with van der Waals surface area (Å²) < 4.78 is 10.6. The summed E-state index contributed by atoms with van der Waals surface area (Å²) in [6.45, 7) is 9.75. The van der Waals surface area contributed by atoms with Crippen LogP contribution in [0.15, 0.2) is 29.8 Å². The second-order valence-corrected chi connectivity index (χ2v) is 11.5. The molecular formula is C28H41N5O5S. The number of rotatable bonds is 13. The standard InChI is InChI=1S/C28H41N5O5S/c1-19-24(39-18-31-19)21-9-7-20(8-10-21)16-30-26(35)22-6-5-12-33(22)27(36)25(28(2,3)4)32-23(34)17-38-15-14-37-13-11-29/h7-10,18,22,25H,5-6,11-17,29H2,1-4H3,(H,30,35)(H,32,34)/t22-,25?/m0/s1. The van der Waals surface area contributed by atoms with E-state index in [2.05, 4.69) is 15.6 Å². The van der Waals surface area contributed by atoms with Gasteiger partial charge in [-0.2, -0.15) is 0 Å². The highest BCUT2D eigenvalue weighted by molar-refractivity contribution is 7.13. The predicted molar refractivity (Wildman–Crippen MR) is 151 cm³/mol. The van der Waals surface area contributed by atoms with Crippen molar-refractivity contribution in [3.63, 3.8) is 0 Å². The first-order chi connectivity index (χ1) is 18.6. The summed E-state index contributed by atoms with van der Waals surface area (Å²) in [5.74, 6) is -0.841. The number of aromatic nitrogens is 1. The number of benzene rings is 1. The fraction of sp³-hybridized carbons (Fsp3) is 0.571. The number of hydrogen-bond acceptors (Lipinski definition) is 8. The number of likely N-dealkylation sites (tertiary alicyclic amines) is 1. The van der Waals surface area contributed by atoms with Gasteiger partial charge in [-0.15, -0.1) is 11.3 Å². The Morgan fingerprint density at radius 1 is 1.15 bits per heavy atom. The number of hydrogen-bond donors (Lipinski definition) is 3. The topological polar surface area (TPSA) is 136 Å². The minimum atomic E-state index is -0.793. The van der Waals surface area contributed by atoms with Crippen molar-refractivity contribution in [3.8, 4) is 10.4 Å². The van der Waals surface area contributed by atoms with Crippen molar-refractivity contribution in [3.05, 3.63) is 41.0 Å². The van der Waals surface area contributed by atoms with Crippen LogP contribution >= 0.6 is 11.3 Å². The third-order valence-corrected chi connectivity index (χ3v) is 7.53. The average molecular weight is 560 g/mol. The SMILES string of the molecule is Cc1ncsc1-c1ccc(CNC(=O)[C@@H]2CCCN2C(=O)C(NC(=O)COCCOCCN)C(C)(C)C)cc1. The maximum Gasteiger partial charge on any atom is 0.246 e. The Bertz CT molecular complexity index is 1100. The van der Waals surface area contributed by atoms with Crippen LogP contribution in [0.25, 0.3) is 10.4 Å². The molecule has 1 aliphatic heterocycles. The molecule has 1 fully saturated rings. The molecule has 0 spiro atoms. The Hall–Kier alpha value is -2.86. The molecule has 1 saturated heterocycles. The highest BCUT2D eigenvalue weighted by Gasteiger charge is 2.41. The molecule has 11 heteroatoms. The summed E-state index contributed by atoms with van der Waals surface area (Å²) >= 11 is 1.60. The van der Waals surface area contributed by atoms with Crippen LogP contribution in [0.5, 0.6) is 0 Å². The van der Waals surface area contributed by atoms with E-state index in [1.807, 2.05) is 57.5 Å². The van der Waals surface area contributed by atoms with E-state index in [1.54, 1.807) is 16.2 Å². The van der Waals surface area contributed by atoms with Gasteiger partial charge in [0.15, 0.2) is 0 Å². The maximum atomic E-state index is 13.6. The summed E-state index contributed by atoms with van der Waals surface area (Å²) in [6.07, 6.45) is 1.31. The average Bonchev–Trinajstić information content (AvgIpc) is 3.56. The number of amides is 3. The minimum absolute atomic E-state index is 0.183. The van der Waals surface area contributed by atoms with E-state index in [4.69, 9.17) is 15.2 Å². The zero-order valence-corrected chi connectivity index (χ0v) is 24.1. The molecule has 10 nitrogen and oxygen atoms in total. The van der Waals surface area contributed by atoms with E-state index in [-0.39, 0.29) is 30.9 Å². The van der Waals surface area contributed by atoms with E-state index in [0.717, 1.165) is 28.1 Å². The molecule has 3 rings (SSSR count). The fourth-order valence-corrected chi connectivity index (χ4v) is 5.26. The number of nitrogens with zero attached hydrogens (tertiary/aromatic N) is 2. The van der Waals surface area contributed by atoms with Gasteiger partial charge in [-0.05, 0) is 36.3 Å². The fourth-order valence-electron chi connectivity index (χ4n) is 4.45. The van der Waals surface area contributed by atoms with Gasteiger partial charge in [-0.3, -0.25) is 14.4 Å². The summed E-state index contributed by atoms with van der Waals surface area (Å²) in [5.41, 5.74) is 9.71. The predicted octanol–water partition coefficient (Wildman–Crippen LogP) is 2.25. The molecule has 39 heavy (non-hydrogen) atoms. The lowest BCUT2D eigenvalue weighted by Crippen LogP contribution is -2.58. The van der Waals surface area contributed by atoms with Crippen molar-refractivity contribution < 1.29 is 23.9 Å². The first-order valence-electron chi connectivity index (χ1n) is 13.3. The second-order valence-electron chi connectivity index (χ2n) is 10.7. The van der Waals surface area contributed by atoms with Crippen LogP contribution in [-0.4, -0.2) is 79.2 Å². The van der Waals surface area contributed by atoms with Crippen LogP contribution < -0.4 is 16.4 Å². The van der Waals surface area contributed by atoms with Crippen LogP contribution in [0.1, 0.15) is 44.9 Å². The highest BCUT2D eigenvalue weighted by atomic mass is 32.1. The van der Waals surface area contributed by atoms with E-state index in [9.17, 15) is 14.4 Å². The lowest BCUT2D eigenvalue weighted by atomic mass is 9.85. The molecule has 2 aromatic rings. The van der Waals surface area contributed by atoms with Gasteiger partial charge in [0, 0.05) is 19.6 Å². The Morgan fingerprint density at radius 2 is 1.87 bits per heavy atom. The van der Waals surface area contributed by atoms with Crippen LogP contribution in [0.4, 0.5) is 0 Å². The zero-order chi connectivity index (χ0) is 28.4. The number of nitrogens with two attached hydrogens (primary N) is 1. The van der Waals surface area contributed by atoms with Gasteiger partial charge in [0.05, 0.1) is 35.9 Å². The van der Waals surface area contributed by atoms with E-state index >= 15 is 0 Å². The smallest absolute Gasteiger partial charge is 0.246 e. The Morgan fingerprint density at radius 3 is 2.51 bits per heavy atom.